The van der Waals surface area contributed by atoms with E-state index in [9.17, 15) is 4.79 Å². The van der Waals surface area contributed by atoms with Gasteiger partial charge in [-0.2, -0.15) is 0 Å². The molecular formula is C21H36N4O. The van der Waals surface area contributed by atoms with E-state index in [0.717, 1.165) is 50.0 Å². The molecule has 4 aliphatic rings. The molecule has 0 radical (unpaired) electrons. The second kappa shape index (κ2) is 7.49. The highest BCUT2D eigenvalue weighted by Gasteiger charge is 2.48. The Kier molecular flexibility index (Phi) is 5.27. The van der Waals surface area contributed by atoms with Crippen LogP contribution in [0.1, 0.15) is 70.6 Å². The Morgan fingerprint density at radius 1 is 0.923 bits per heavy atom. The molecular weight excluding hydrogens is 324 g/mol. The van der Waals surface area contributed by atoms with Crippen molar-refractivity contribution in [3.8, 4) is 0 Å². The monoisotopic (exact) mass is 360 g/mol. The Morgan fingerprint density at radius 2 is 1.69 bits per heavy atom. The fraction of sp³-hybridized carbons (Fsp3) is 0.905. The maximum Gasteiger partial charge on any atom is 0.234 e. The Morgan fingerprint density at radius 3 is 2.46 bits per heavy atom. The van der Waals surface area contributed by atoms with Crippen molar-refractivity contribution < 1.29 is 4.79 Å². The summed E-state index contributed by atoms with van der Waals surface area (Å²) in [5.74, 6) is 3.45. The van der Waals surface area contributed by atoms with Gasteiger partial charge in [0.1, 0.15) is 0 Å². The molecule has 0 bridgehead atoms. The summed E-state index contributed by atoms with van der Waals surface area (Å²) in [6.07, 6.45) is 13.6. The number of rotatable bonds is 4. The van der Waals surface area contributed by atoms with Crippen molar-refractivity contribution in [1.82, 2.24) is 4.90 Å². The van der Waals surface area contributed by atoms with Crippen LogP contribution in [0.3, 0.4) is 0 Å². The van der Waals surface area contributed by atoms with Crippen molar-refractivity contribution in [2.75, 3.05) is 6.54 Å². The molecule has 26 heavy (non-hydrogen) atoms. The molecule has 0 aromatic rings. The Labute approximate surface area is 157 Å². The number of primary amides is 1. The summed E-state index contributed by atoms with van der Waals surface area (Å²) in [5.41, 5.74) is 11.7. The van der Waals surface area contributed by atoms with Crippen molar-refractivity contribution >= 4 is 11.7 Å². The molecule has 5 nitrogen and oxygen atoms in total. The lowest BCUT2D eigenvalue weighted by Crippen LogP contribution is -2.50. The van der Waals surface area contributed by atoms with Crippen LogP contribution < -0.4 is 11.5 Å². The molecule has 4 fully saturated rings. The molecule has 5 N–H and O–H groups in total. The highest BCUT2D eigenvalue weighted by atomic mass is 16.1. The Balaban J connectivity index is 1.51. The largest absolute Gasteiger partial charge is 0.387 e. The number of amides is 1. The summed E-state index contributed by atoms with van der Waals surface area (Å²) in [5, 5.41) is 7.88. The van der Waals surface area contributed by atoms with Crippen LogP contribution >= 0.6 is 0 Å². The molecule has 3 aliphatic carbocycles. The van der Waals surface area contributed by atoms with Crippen LogP contribution in [-0.2, 0) is 4.79 Å². The number of nitrogens with zero attached hydrogens (tertiary/aromatic N) is 1. The quantitative estimate of drug-likeness (QED) is 0.531. The molecule has 0 aromatic carbocycles. The first-order chi connectivity index (χ1) is 12.5. The molecule has 1 saturated heterocycles. The van der Waals surface area contributed by atoms with Crippen molar-refractivity contribution in [1.29, 1.82) is 5.41 Å². The standard InChI is InChI=1S/C21H36N4O/c22-20(23)15-9-8-14-10-19(21(24)26)25(18(14)11-15)12-16-6-3-5-13-4-1-2-7-17(13)16/h13-19H,1-12H2,(H3,22,23)(H2,24,26). The lowest BCUT2D eigenvalue weighted by atomic mass is 9.65. The molecule has 5 heteroatoms. The third kappa shape index (κ3) is 3.39. The zero-order chi connectivity index (χ0) is 18.3. The SMILES string of the molecule is N=C(N)C1CCC2CC(C(N)=O)N(CC3CCCC4CCCCC43)C2C1. The highest BCUT2D eigenvalue weighted by Crippen LogP contribution is 2.47. The lowest BCUT2D eigenvalue weighted by molar-refractivity contribution is -0.123. The van der Waals surface area contributed by atoms with Gasteiger partial charge >= 0.3 is 0 Å². The zero-order valence-corrected chi connectivity index (χ0v) is 16.0. The molecule has 7 unspecified atom stereocenters. The minimum Gasteiger partial charge on any atom is -0.387 e. The lowest BCUT2D eigenvalue weighted by Gasteiger charge is -2.45. The second-order valence-corrected chi connectivity index (χ2v) is 9.54. The number of hydrogen-bond acceptors (Lipinski definition) is 3. The highest BCUT2D eigenvalue weighted by molar-refractivity contribution is 5.81. The van der Waals surface area contributed by atoms with Gasteiger partial charge in [-0.15, -0.1) is 0 Å². The van der Waals surface area contributed by atoms with E-state index < -0.39 is 0 Å². The second-order valence-electron chi connectivity index (χ2n) is 9.54. The van der Waals surface area contributed by atoms with Gasteiger partial charge < -0.3 is 11.5 Å². The first-order valence-electron chi connectivity index (χ1n) is 10.9. The van der Waals surface area contributed by atoms with Gasteiger partial charge in [-0.1, -0.05) is 32.1 Å². The molecule has 3 saturated carbocycles. The summed E-state index contributed by atoms with van der Waals surface area (Å²) in [4.78, 5) is 14.7. The summed E-state index contributed by atoms with van der Waals surface area (Å²) in [6, 6.07) is 0.304. The Hall–Kier alpha value is -1.10. The van der Waals surface area contributed by atoms with Gasteiger partial charge in [0, 0.05) is 18.5 Å². The van der Waals surface area contributed by atoms with E-state index >= 15 is 0 Å². The van der Waals surface area contributed by atoms with Crippen molar-refractivity contribution in [3.63, 3.8) is 0 Å². The van der Waals surface area contributed by atoms with Crippen molar-refractivity contribution in [2.45, 2.75) is 82.7 Å². The number of carbonyl (C=O) groups excluding carboxylic acids is 1. The van der Waals surface area contributed by atoms with Crippen LogP contribution in [0, 0.1) is 35.0 Å². The molecule has 146 valence electrons. The number of fused-ring (bicyclic) bond motifs is 2. The predicted molar refractivity (Wildman–Crippen MR) is 104 cm³/mol. The first-order valence-corrected chi connectivity index (χ1v) is 10.9. The number of nitrogens with one attached hydrogen (secondary N) is 1. The van der Waals surface area contributed by atoms with Crippen LogP contribution in [0.2, 0.25) is 0 Å². The maximum atomic E-state index is 12.2. The molecule has 0 aromatic heterocycles. The van der Waals surface area contributed by atoms with Gasteiger partial charge in [-0.05, 0) is 62.2 Å². The summed E-state index contributed by atoms with van der Waals surface area (Å²) in [6.45, 7) is 1.04. The molecule has 0 spiro atoms. The average molecular weight is 361 g/mol. The van der Waals surface area contributed by atoms with Gasteiger partial charge in [0.15, 0.2) is 0 Å². The number of hydrogen-bond donors (Lipinski definition) is 3. The van der Waals surface area contributed by atoms with Crippen molar-refractivity contribution in [3.05, 3.63) is 0 Å². The van der Waals surface area contributed by atoms with E-state index in [-0.39, 0.29) is 17.9 Å². The third-order valence-corrected chi connectivity index (χ3v) is 8.25. The zero-order valence-electron chi connectivity index (χ0n) is 16.0. The topological polar surface area (TPSA) is 96.2 Å². The van der Waals surface area contributed by atoms with E-state index in [1.54, 1.807) is 0 Å². The molecule has 1 amide bonds. The van der Waals surface area contributed by atoms with E-state index in [1.807, 2.05) is 0 Å². The molecule has 1 heterocycles. The molecule has 1 aliphatic heterocycles. The Bertz CT molecular complexity index is 548. The third-order valence-electron chi connectivity index (χ3n) is 8.25. The normalized spacial score (nSPS) is 43.5. The molecule has 4 rings (SSSR count). The fourth-order valence-electron chi connectivity index (χ4n) is 6.94. The predicted octanol–water partition coefficient (Wildman–Crippen LogP) is 2.87. The van der Waals surface area contributed by atoms with Gasteiger partial charge in [0.2, 0.25) is 5.91 Å². The van der Waals surface area contributed by atoms with E-state index in [0.29, 0.717) is 17.8 Å². The van der Waals surface area contributed by atoms with Crippen molar-refractivity contribution in [2.24, 2.45) is 41.1 Å². The minimum atomic E-state index is -0.144. The average Bonchev–Trinajstić information content (AvgIpc) is 3.00. The smallest absolute Gasteiger partial charge is 0.234 e. The van der Waals surface area contributed by atoms with Gasteiger partial charge in [0.25, 0.3) is 0 Å². The van der Waals surface area contributed by atoms with Gasteiger partial charge in [-0.25, -0.2) is 0 Å². The molecule has 7 atom stereocenters. The van der Waals surface area contributed by atoms with E-state index in [4.69, 9.17) is 16.9 Å². The van der Waals surface area contributed by atoms with Crippen LogP contribution in [0.25, 0.3) is 0 Å². The van der Waals surface area contributed by atoms with E-state index in [1.165, 1.54) is 44.9 Å². The first kappa shape index (κ1) is 18.3. The minimum absolute atomic E-state index is 0.0975. The summed E-state index contributed by atoms with van der Waals surface area (Å²) in [7, 11) is 0. The number of amidine groups is 1. The van der Waals surface area contributed by atoms with Gasteiger partial charge in [0.05, 0.1) is 11.9 Å². The fourth-order valence-corrected chi connectivity index (χ4v) is 6.94. The van der Waals surface area contributed by atoms with Crippen LogP contribution in [0.5, 0.6) is 0 Å². The number of likely N-dealkylation sites (tertiary alicyclic amines) is 1. The van der Waals surface area contributed by atoms with Crippen LogP contribution in [0.4, 0.5) is 0 Å². The van der Waals surface area contributed by atoms with E-state index in [2.05, 4.69) is 4.90 Å². The van der Waals surface area contributed by atoms with Crippen LogP contribution in [-0.4, -0.2) is 35.3 Å². The summed E-state index contributed by atoms with van der Waals surface area (Å²) >= 11 is 0. The number of carbonyl (C=O) groups is 1. The summed E-state index contributed by atoms with van der Waals surface area (Å²) < 4.78 is 0. The number of nitrogens with two attached hydrogens (primary N) is 2. The van der Waals surface area contributed by atoms with Crippen LogP contribution in [0.15, 0.2) is 0 Å². The maximum absolute atomic E-state index is 12.2. The van der Waals surface area contributed by atoms with Gasteiger partial charge in [-0.3, -0.25) is 15.1 Å².